The zero-order valence-corrected chi connectivity index (χ0v) is 19.6. The molecular weight excluding hydrogens is 456 g/mol. The van der Waals surface area contributed by atoms with Crippen molar-refractivity contribution in [2.24, 2.45) is 11.5 Å². The molecule has 0 spiro atoms. The molecule has 4 atom stereocenters. The van der Waals surface area contributed by atoms with Crippen molar-refractivity contribution in [3.8, 4) is 0 Å². The van der Waals surface area contributed by atoms with Crippen LogP contribution < -0.4 is 27.4 Å². The zero-order valence-electron chi connectivity index (χ0n) is 19.6. The molecule has 4 unspecified atom stereocenters. The third kappa shape index (κ3) is 8.05. The molecular formula is C23H34N6O6. The highest BCUT2D eigenvalue weighted by atomic mass is 16.4. The number of fused-ring (bicyclic) bond motifs is 1. The van der Waals surface area contributed by atoms with Crippen molar-refractivity contribution in [3.63, 3.8) is 0 Å². The van der Waals surface area contributed by atoms with Gasteiger partial charge in [-0.05, 0) is 44.4 Å². The van der Waals surface area contributed by atoms with Crippen LogP contribution in [0.15, 0.2) is 30.5 Å². The van der Waals surface area contributed by atoms with Gasteiger partial charge in [-0.3, -0.25) is 14.4 Å². The van der Waals surface area contributed by atoms with E-state index in [0.29, 0.717) is 19.4 Å². The lowest BCUT2D eigenvalue weighted by molar-refractivity contribution is -0.142. The van der Waals surface area contributed by atoms with Crippen molar-refractivity contribution in [3.05, 3.63) is 36.0 Å². The number of aliphatic hydroxyl groups is 1. The van der Waals surface area contributed by atoms with Gasteiger partial charge in [0.2, 0.25) is 17.7 Å². The van der Waals surface area contributed by atoms with E-state index in [2.05, 4.69) is 20.9 Å². The number of unbranched alkanes of at least 4 members (excludes halogenated alkanes) is 1. The SMILES string of the molecule is CC(N)C(=O)NC(CO)C(=O)NC(Cc1c[nH]c2ccccc12)C(=O)NC(CCCCN)C(=O)O. The van der Waals surface area contributed by atoms with Gasteiger partial charge < -0.3 is 42.6 Å². The van der Waals surface area contributed by atoms with Gasteiger partial charge in [0.25, 0.3) is 0 Å². The number of H-pyrrole nitrogens is 1. The van der Waals surface area contributed by atoms with Crippen LogP contribution in [0.3, 0.4) is 0 Å². The number of nitrogens with one attached hydrogen (secondary N) is 4. The van der Waals surface area contributed by atoms with Gasteiger partial charge in [0.05, 0.1) is 12.6 Å². The molecule has 3 amide bonds. The molecule has 0 saturated carbocycles. The van der Waals surface area contributed by atoms with Crippen LogP contribution >= 0.6 is 0 Å². The molecule has 192 valence electrons. The van der Waals surface area contributed by atoms with E-state index in [-0.39, 0.29) is 12.8 Å². The number of amides is 3. The molecule has 0 fully saturated rings. The van der Waals surface area contributed by atoms with Gasteiger partial charge in [0.1, 0.15) is 18.1 Å². The number of aliphatic carboxylic acids is 1. The Morgan fingerprint density at radius 2 is 1.60 bits per heavy atom. The van der Waals surface area contributed by atoms with Crippen LogP contribution in [-0.2, 0) is 25.6 Å². The number of benzene rings is 1. The van der Waals surface area contributed by atoms with Crippen molar-refractivity contribution in [2.75, 3.05) is 13.2 Å². The van der Waals surface area contributed by atoms with E-state index in [0.717, 1.165) is 16.5 Å². The van der Waals surface area contributed by atoms with Gasteiger partial charge in [0, 0.05) is 23.5 Å². The topological polar surface area (TPSA) is 213 Å². The minimum atomic E-state index is -1.34. The quantitative estimate of drug-likeness (QED) is 0.149. The summed E-state index contributed by atoms with van der Waals surface area (Å²) < 4.78 is 0. The highest BCUT2D eigenvalue weighted by Gasteiger charge is 2.30. The fourth-order valence-electron chi connectivity index (χ4n) is 3.52. The summed E-state index contributed by atoms with van der Waals surface area (Å²) in [5.74, 6) is -3.37. The third-order valence-electron chi connectivity index (χ3n) is 5.52. The largest absolute Gasteiger partial charge is 0.480 e. The first-order valence-electron chi connectivity index (χ1n) is 11.4. The highest BCUT2D eigenvalue weighted by molar-refractivity contribution is 5.94. The normalized spacial score (nSPS) is 14.5. The Labute approximate surface area is 202 Å². The van der Waals surface area contributed by atoms with Gasteiger partial charge in [-0.15, -0.1) is 0 Å². The maximum atomic E-state index is 13.1. The predicted octanol–water partition coefficient (Wildman–Crippen LogP) is -1.28. The standard InChI is InChI=1S/C23H34N6O6/c1-13(25)20(31)29-19(12-30)22(33)28-18(10-14-11-26-16-7-3-2-6-15(14)16)21(32)27-17(23(34)35)8-4-5-9-24/h2-3,6-7,11,13,17-19,26,30H,4-5,8-10,12,24-25H2,1H3,(H,27,32)(H,28,33)(H,29,31)(H,34,35). The zero-order chi connectivity index (χ0) is 26.0. The third-order valence-corrected chi connectivity index (χ3v) is 5.52. The molecule has 2 rings (SSSR count). The Kier molecular flexibility index (Phi) is 10.6. The summed E-state index contributed by atoms with van der Waals surface area (Å²) in [4.78, 5) is 52.6. The Hall–Kier alpha value is -3.48. The van der Waals surface area contributed by atoms with Crippen LogP contribution in [0.5, 0.6) is 0 Å². The van der Waals surface area contributed by atoms with Gasteiger partial charge in [0.15, 0.2) is 0 Å². The van der Waals surface area contributed by atoms with Crippen molar-refractivity contribution in [1.82, 2.24) is 20.9 Å². The molecule has 2 aromatic rings. The monoisotopic (exact) mass is 490 g/mol. The van der Waals surface area contributed by atoms with Crippen molar-refractivity contribution >= 4 is 34.6 Å². The number of aromatic nitrogens is 1. The lowest BCUT2D eigenvalue weighted by Crippen LogP contribution is -2.58. The Morgan fingerprint density at radius 3 is 2.23 bits per heavy atom. The number of rotatable bonds is 14. The molecule has 0 aliphatic carbocycles. The summed E-state index contributed by atoms with van der Waals surface area (Å²) >= 11 is 0. The Bertz CT molecular complexity index is 1020. The van der Waals surface area contributed by atoms with Gasteiger partial charge in [-0.25, -0.2) is 4.79 Å². The number of hydrogen-bond donors (Lipinski definition) is 8. The second-order valence-electron chi connectivity index (χ2n) is 8.34. The number of para-hydroxylation sites is 1. The van der Waals surface area contributed by atoms with Crippen molar-refractivity contribution < 1.29 is 29.4 Å². The molecule has 0 saturated heterocycles. The van der Waals surface area contributed by atoms with E-state index < -0.39 is 54.5 Å². The molecule has 1 aromatic heterocycles. The summed E-state index contributed by atoms with van der Waals surface area (Å²) in [5, 5.41) is 27.3. The lowest BCUT2D eigenvalue weighted by atomic mass is 10.0. The van der Waals surface area contributed by atoms with Crippen LogP contribution in [0, 0.1) is 0 Å². The average molecular weight is 491 g/mol. The summed E-state index contributed by atoms with van der Waals surface area (Å²) in [7, 11) is 0. The van der Waals surface area contributed by atoms with Crippen LogP contribution in [0.25, 0.3) is 10.9 Å². The molecule has 12 heteroatoms. The summed E-state index contributed by atoms with van der Waals surface area (Å²) in [6.45, 7) is 1.10. The van der Waals surface area contributed by atoms with E-state index >= 15 is 0 Å². The second kappa shape index (κ2) is 13.4. The number of carbonyl (C=O) groups is 4. The fraction of sp³-hybridized carbons (Fsp3) is 0.478. The van der Waals surface area contributed by atoms with E-state index in [1.165, 1.54) is 6.92 Å². The molecule has 35 heavy (non-hydrogen) atoms. The number of aliphatic hydroxyl groups excluding tert-OH is 1. The number of carboxylic acid groups (broad SMARTS) is 1. The molecule has 10 N–H and O–H groups in total. The number of carboxylic acids is 1. The number of hydrogen-bond acceptors (Lipinski definition) is 7. The first kappa shape index (κ1) is 27.8. The Balaban J connectivity index is 2.25. The van der Waals surface area contributed by atoms with Crippen LogP contribution in [0.1, 0.15) is 31.7 Å². The van der Waals surface area contributed by atoms with Crippen LogP contribution in [0.2, 0.25) is 0 Å². The van der Waals surface area contributed by atoms with E-state index in [1.807, 2.05) is 24.3 Å². The Morgan fingerprint density at radius 1 is 0.971 bits per heavy atom. The smallest absolute Gasteiger partial charge is 0.326 e. The van der Waals surface area contributed by atoms with Gasteiger partial charge in [-0.2, -0.15) is 0 Å². The van der Waals surface area contributed by atoms with E-state index in [9.17, 15) is 29.4 Å². The maximum absolute atomic E-state index is 13.1. The van der Waals surface area contributed by atoms with Crippen LogP contribution in [0.4, 0.5) is 0 Å². The van der Waals surface area contributed by atoms with Crippen molar-refractivity contribution in [2.45, 2.75) is 56.8 Å². The molecule has 0 bridgehead atoms. The molecule has 0 radical (unpaired) electrons. The molecule has 0 aliphatic heterocycles. The first-order chi connectivity index (χ1) is 16.7. The number of nitrogens with two attached hydrogens (primary N) is 2. The lowest BCUT2D eigenvalue weighted by Gasteiger charge is -2.24. The maximum Gasteiger partial charge on any atom is 0.326 e. The van der Waals surface area contributed by atoms with Crippen molar-refractivity contribution in [1.29, 1.82) is 0 Å². The molecule has 1 heterocycles. The number of carbonyl (C=O) groups excluding carboxylic acids is 3. The molecule has 12 nitrogen and oxygen atoms in total. The minimum absolute atomic E-state index is 0.0378. The van der Waals surface area contributed by atoms with Gasteiger partial charge in [-0.1, -0.05) is 18.2 Å². The van der Waals surface area contributed by atoms with Gasteiger partial charge >= 0.3 is 5.97 Å². The molecule has 0 aliphatic rings. The fourth-order valence-corrected chi connectivity index (χ4v) is 3.52. The number of aromatic amines is 1. The van der Waals surface area contributed by atoms with E-state index in [4.69, 9.17) is 11.5 Å². The highest BCUT2D eigenvalue weighted by Crippen LogP contribution is 2.19. The average Bonchev–Trinajstić information content (AvgIpc) is 3.23. The minimum Gasteiger partial charge on any atom is -0.480 e. The first-order valence-corrected chi connectivity index (χ1v) is 11.4. The van der Waals surface area contributed by atoms with Crippen LogP contribution in [-0.4, -0.2) is 76.2 Å². The summed E-state index contributed by atoms with van der Waals surface area (Å²) in [6.07, 6.45) is 3.02. The second-order valence-corrected chi connectivity index (χ2v) is 8.34. The predicted molar refractivity (Wildman–Crippen MR) is 129 cm³/mol. The summed E-state index contributed by atoms with van der Waals surface area (Å²) in [6, 6.07) is 2.79. The van der Waals surface area contributed by atoms with E-state index in [1.54, 1.807) is 6.20 Å². The summed E-state index contributed by atoms with van der Waals surface area (Å²) in [5.41, 5.74) is 12.5. The molecule has 1 aromatic carbocycles.